The van der Waals surface area contributed by atoms with Gasteiger partial charge in [-0.3, -0.25) is 4.79 Å². The summed E-state index contributed by atoms with van der Waals surface area (Å²) < 4.78 is 7.00. The van der Waals surface area contributed by atoms with Crippen molar-refractivity contribution < 1.29 is 9.53 Å². The average molecular weight is 372 g/mol. The van der Waals surface area contributed by atoms with E-state index in [9.17, 15) is 4.79 Å². The minimum Gasteiger partial charge on any atom is -0.481 e. The van der Waals surface area contributed by atoms with E-state index in [1.807, 2.05) is 67.7 Å². The molecule has 0 radical (unpaired) electrons. The Morgan fingerprint density at radius 3 is 2.32 bits per heavy atom. The van der Waals surface area contributed by atoms with Crippen molar-refractivity contribution >= 4 is 33.9 Å². The molecular formula is C22H20N4O2. The van der Waals surface area contributed by atoms with Crippen molar-refractivity contribution in [2.24, 2.45) is 7.05 Å². The first-order valence-electron chi connectivity index (χ1n) is 8.88. The van der Waals surface area contributed by atoms with Crippen molar-refractivity contribution in [3.63, 3.8) is 0 Å². The Hall–Kier alpha value is -3.80. The summed E-state index contributed by atoms with van der Waals surface area (Å²) in [6, 6.07) is 22.9. The van der Waals surface area contributed by atoms with Crippen molar-refractivity contribution in [2.75, 3.05) is 17.7 Å². The Labute approximate surface area is 162 Å². The predicted octanol–water partition coefficient (Wildman–Crippen LogP) is 4.58. The number of para-hydroxylation sites is 1. The fourth-order valence-electron chi connectivity index (χ4n) is 3.09. The molecule has 0 atom stereocenters. The SMILES string of the molecule is COc1c2ccc(C(=O)Nc3ccc(Nc4ccccc4)cc3)cc2nn1C. The lowest BCUT2D eigenvalue weighted by Gasteiger charge is -2.09. The summed E-state index contributed by atoms with van der Waals surface area (Å²) >= 11 is 0. The van der Waals surface area contributed by atoms with Gasteiger partial charge >= 0.3 is 0 Å². The number of benzene rings is 3. The van der Waals surface area contributed by atoms with Crippen LogP contribution in [0, 0.1) is 0 Å². The van der Waals surface area contributed by atoms with E-state index in [-0.39, 0.29) is 5.91 Å². The third-order valence-corrected chi connectivity index (χ3v) is 4.44. The minimum absolute atomic E-state index is 0.185. The number of rotatable bonds is 5. The summed E-state index contributed by atoms with van der Waals surface area (Å²) in [7, 11) is 3.41. The first kappa shape index (κ1) is 17.6. The molecule has 4 aromatic rings. The molecule has 1 heterocycles. The van der Waals surface area contributed by atoms with Crippen LogP contribution in [0.4, 0.5) is 17.1 Å². The second-order valence-corrected chi connectivity index (χ2v) is 6.39. The molecule has 0 unspecified atom stereocenters. The number of aryl methyl sites for hydroxylation is 1. The number of hydrogen-bond acceptors (Lipinski definition) is 4. The normalized spacial score (nSPS) is 10.6. The maximum absolute atomic E-state index is 12.6. The van der Waals surface area contributed by atoms with Crippen LogP contribution in [0.1, 0.15) is 10.4 Å². The van der Waals surface area contributed by atoms with E-state index in [1.165, 1.54) is 0 Å². The molecule has 0 bridgehead atoms. The monoisotopic (exact) mass is 372 g/mol. The van der Waals surface area contributed by atoms with Gasteiger partial charge in [0.1, 0.15) is 0 Å². The quantitative estimate of drug-likeness (QED) is 0.538. The van der Waals surface area contributed by atoms with Crippen LogP contribution in [-0.2, 0) is 7.05 Å². The Morgan fingerprint density at radius 1 is 0.929 bits per heavy atom. The highest BCUT2D eigenvalue weighted by Gasteiger charge is 2.13. The van der Waals surface area contributed by atoms with E-state index in [4.69, 9.17) is 4.74 Å². The van der Waals surface area contributed by atoms with Gasteiger partial charge in [0, 0.05) is 29.7 Å². The molecule has 140 valence electrons. The van der Waals surface area contributed by atoms with E-state index in [1.54, 1.807) is 23.9 Å². The van der Waals surface area contributed by atoms with Crippen LogP contribution in [-0.4, -0.2) is 22.8 Å². The zero-order valence-electron chi connectivity index (χ0n) is 15.6. The maximum atomic E-state index is 12.6. The topological polar surface area (TPSA) is 68.2 Å². The molecule has 0 aliphatic carbocycles. The number of hydrogen-bond donors (Lipinski definition) is 2. The lowest BCUT2D eigenvalue weighted by Crippen LogP contribution is -2.11. The molecule has 0 spiro atoms. The molecule has 0 fully saturated rings. The van der Waals surface area contributed by atoms with Gasteiger partial charge in [-0.1, -0.05) is 18.2 Å². The number of carbonyl (C=O) groups is 1. The van der Waals surface area contributed by atoms with Crippen LogP contribution in [0.5, 0.6) is 5.88 Å². The third-order valence-electron chi connectivity index (χ3n) is 4.44. The Morgan fingerprint density at radius 2 is 1.61 bits per heavy atom. The van der Waals surface area contributed by atoms with Gasteiger partial charge < -0.3 is 15.4 Å². The fourth-order valence-corrected chi connectivity index (χ4v) is 3.09. The largest absolute Gasteiger partial charge is 0.481 e. The van der Waals surface area contributed by atoms with Crippen LogP contribution in [0.15, 0.2) is 72.8 Å². The van der Waals surface area contributed by atoms with E-state index in [2.05, 4.69) is 15.7 Å². The molecule has 0 saturated carbocycles. The van der Waals surface area contributed by atoms with Crippen molar-refractivity contribution in [1.29, 1.82) is 0 Å². The van der Waals surface area contributed by atoms with Crippen molar-refractivity contribution in [2.45, 2.75) is 0 Å². The summed E-state index contributed by atoms with van der Waals surface area (Å²) in [4.78, 5) is 12.6. The first-order valence-corrected chi connectivity index (χ1v) is 8.88. The molecule has 0 saturated heterocycles. The van der Waals surface area contributed by atoms with Crippen LogP contribution in [0.2, 0.25) is 0 Å². The van der Waals surface area contributed by atoms with Gasteiger partial charge in [0.2, 0.25) is 5.88 Å². The van der Waals surface area contributed by atoms with Crippen LogP contribution in [0.3, 0.4) is 0 Å². The number of fused-ring (bicyclic) bond motifs is 1. The smallest absolute Gasteiger partial charge is 0.255 e. The molecule has 0 aliphatic heterocycles. The molecule has 0 aliphatic rings. The second kappa shape index (κ2) is 7.44. The average Bonchev–Trinajstić information content (AvgIpc) is 3.04. The van der Waals surface area contributed by atoms with E-state index < -0.39 is 0 Å². The molecule has 28 heavy (non-hydrogen) atoms. The molecule has 3 aromatic carbocycles. The number of aromatic nitrogens is 2. The van der Waals surface area contributed by atoms with Gasteiger partial charge in [0.25, 0.3) is 5.91 Å². The van der Waals surface area contributed by atoms with Crippen LogP contribution >= 0.6 is 0 Å². The third kappa shape index (κ3) is 3.53. The number of ether oxygens (including phenoxy) is 1. The van der Waals surface area contributed by atoms with Gasteiger partial charge in [0.05, 0.1) is 18.0 Å². The fraction of sp³-hybridized carbons (Fsp3) is 0.0909. The van der Waals surface area contributed by atoms with E-state index in [0.29, 0.717) is 11.4 Å². The standard InChI is InChI=1S/C22H20N4O2/c1-26-22(28-2)19-13-8-15(14-20(19)25-26)21(27)24-18-11-9-17(10-12-18)23-16-6-4-3-5-7-16/h3-14,23H,1-2H3,(H,24,27). The molecule has 6 nitrogen and oxygen atoms in total. The summed E-state index contributed by atoms with van der Waals surface area (Å²) in [5.74, 6) is 0.485. The second-order valence-electron chi connectivity index (χ2n) is 6.39. The van der Waals surface area contributed by atoms with Gasteiger partial charge in [-0.05, 0) is 54.6 Å². The minimum atomic E-state index is -0.185. The zero-order chi connectivity index (χ0) is 19.5. The number of anilines is 3. The summed E-state index contributed by atoms with van der Waals surface area (Å²) in [5, 5.41) is 11.5. The first-order chi connectivity index (χ1) is 13.6. The summed E-state index contributed by atoms with van der Waals surface area (Å²) in [6.45, 7) is 0. The van der Waals surface area contributed by atoms with Gasteiger partial charge in [-0.2, -0.15) is 5.10 Å². The Bertz CT molecular complexity index is 1120. The number of methoxy groups -OCH3 is 1. The lowest BCUT2D eigenvalue weighted by atomic mass is 10.1. The molecule has 1 aromatic heterocycles. The molecule has 1 amide bonds. The maximum Gasteiger partial charge on any atom is 0.255 e. The number of carbonyl (C=O) groups excluding carboxylic acids is 1. The number of nitrogens with zero attached hydrogens (tertiary/aromatic N) is 2. The highest BCUT2D eigenvalue weighted by molar-refractivity contribution is 6.06. The predicted molar refractivity (Wildman–Crippen MR) is 111 cm³/mol. The van der Waals surface area contributed by atoms with Crippen molar-refractivity contribution in [1.82, 2.24) is 9.78 Å². The highest BCUT2D eigenvalue weighted by atomic mass is 16.5. The summed E-state index contributed by atoms with van der Waals surface area (Å²) in [5.41, 5.74) is 3.95. The van der Waals surface area contributed by atoms with Gasteiger partial charge in [-0.15, -0.1) is 0 Å². The van der Waals surface area contributed by atoms with Crippen molar-refractivity contribution in [3.8, 4) is 5.88 Å². The summed E-state index contributed by atoms with van der Waals surface area (Å²) in [6.07, 6.45) is 0. The number of nitrogens with one attached hydrogen (secondary N) is 2. The molecule has 4 rings (SSSR count). The molecule has 6 heteroatoms. The van der Waals surface area contributed by atoms with Crippen molar-refractivity contribution in [3.05, 3.63) is 78.4 Å². The van der Waals surface area contributed by atoms with E-state index in [0.717, 1.165) is 28.0 Å². The molecule has 2 N–H and O–H groups in total. The zero-order valence-corrected chi connectivity index (χ0v) is 15.6. The Balaban J connectivity index is 1.48. The van der Waals surface area contributed by atoms with Crippen LogP contribution in [0.25, 0.3) is 10.9 Å². The highest BCUT2D eigenvalue weighted by Crippen LogP contribution is 2.26. The lowest BCUT2D eigenvalue weighted by molar-refractivity contribution is 0.102. The van der Waals surface area contributed by atoms with Gasteiger partial charge in [0.15, 0.2) is 0 Å². The number of amides is 1. The Kier molecular flexibility index (Phi) is 4.68. The van der Waals surface area contributed by atoms with Crippen LogP contribution < -0.4 is 15.4 Å². The van der Waals surface area contributed by atoms with Gasteiger partial charge in [-0.25, -0.2) is 4.68 Å². The van der Waals surface area contributed by atoms with E-state index >= 15 is 0 Å². The molecular weight excluding hydrogens is 352 g/mol.